The van der Waals surface area contributed by atoms with Gasteiger partial charge >= 0.3 is 0 Å². The van der Waals surface area contributed by atoms with Gasteiger partial charge in [0.2, 0.25) is 0 Å². The SMILES string of the molecule is CC1=NN(c2ccccc2)C(=O)/C1=C/c1ccc(-c2ccccc2C#N)o1. The number of hydrogen-bond acceptors (Lipinski definition) is 4. The molecule has 1 amide bonds. The second-order valence-electron chi connectivity index (χ2n) is 6.06. The highest BCUT2D eigenvalue weighted by atomic mass is 16.3. The molecular weight excluding hydrogens is 338 g/mol. The summed E-state index contributed by atoms with van der Waals surface area (Å²) in [6.07, 6.45) is 1.68. The molecule has 130 valence electrons. The van der Waals surface area contributed by atoms with Crippen molar-refractivity contribution in [3.05, 3.63) is 83.6 Å². The molecule has 1 aliphatic rings. The number of para-hydroxylation sites is 1. The van der Waals surface area contributed by atoms with Crippen LogP contribution in [0.1, 0.15) is 18.2 Å². The first-order valence-corrected chi connectivity index (χ1v) is 8.43. The Morgan fingerprint density at radius 3 is 2.56 bits per heavy atom. The molecule has 0 saturated heterocycles. The zero-order valence-electron chi connectivity index (χ0n) is 14.6. The number of hydrogen-bond donors (Lipinski definition) is 0. The Morgan fingerprint density at radius 2 is 1.78 bits per heavy atom. The number of carbonyl (C=O) groups is 1. The van der Waals surface area contributed by atoms with Gasteiger partial charge in [0.1, 0.15) is 11.5 Å². The summed E-state index contributed by atoms with van der Waals surface area (Å²) in [6.45, 7) is 1.79. The van der Waals surface area contributed by atoms with Crippen LogP contribution in [0.2, 0.25) is 0 Å². The van der Waals surface area contributed by atoms with Gasteiger partial charge in [-0.1, -0.05) is 30.3 Å². The summed E-state index contributed by atoms with van der Waals surface area (Å²) in [5.41, 5.74) is 3.08. The molecule has 0 spiro atoms. The molecule has 0 fully saturated rings. The van der Waals surface area contributed by atoms with Gasteiger partial charge in [-0.25, -0.2) is 0 Å². The number of rotatable bonds is 3. The molecule has 0 bridgehead atoms. The molecule has 0 unspecified atom stereocenters. The summed E-state index contributed by atoms with van der Waals surface area (Å²) < 4.78 is 5.86. The van der Waals surface area contributed by atoms with Gasteiger partial charge in [0, 0.05) is 5.56 Å². The van der Waals surface area contributed by atoms with E-state index in [0.29, 0.717) is 34.1 Å². The third-order valence-corrected chi connectivity index (χ3v) is 4.29. The quantitative estimate of drug-likeness (QED) is 0.645. The zero-order chi connectivity index (χ0) is 18.8. The van der Waals surface area contributed by atoms with Crippen LogP contribution in [0.4, 0.5) is 5.69 Å². The van der Waals surface area contributed by atoms with Crippen LogP contribution >= 0.6 is 0 Å². The van der Waals surface area contributed by atoms with Gasteiger partial charge in [0.05, 0.1) is 28.6 Å². The summed E-state index contributed by atoms with van der Waals surface area (Å²) in [4.78, 5) is 12.8. The minimum absolute atomic E-state index is 0.200. The van der Waals surface area contributed by atoms with Crippen LogP contribution in [0.15, 0.2) is 81.8 Å². The molecule has 0 atom stereocenters. The Morgan fingerprint density at radius 1 is 1.04 bits per heavy atom. The van der Waals surface area contributed by atoms with Crippen LogP contribution in [-0.4, -0.2) is 11.6 Å². The normalized spacial score (nSPS) is 15.1. The van der Waals surface area contributed by atoms with Crippen LogP contribution in [0.5, 0.6) is 0 Å². The first-order valence-electron chi connectivity index (χ1n) is 8.43. The van der Waals surface area contributed by atoms with Crippen molar-refractivity contribution in [3.8, 4) is 17.4 Å². The Bertz CT molecular complexity index is 1120. The lowest BCUT2D eigenvalue weighted by Crippen LogP contribution is -2.21. The number of benzene rings is 2. The number of amides is 1. The van der Waals surface area contributed by atoms with Gasteiger partial charge < -0.3 is 4.42 Å². The summed E-state index contributed by atoms with van der Waals surface area (Å²) in [5.74, 6) is 0.915. The van der Waals surface area contributed by atoms with E-state index >= 15 is 0 Å². The average Bonchev–Trinajstić information content (AvgIpc) is 3.29. The van der Waals surface area contributed by atoms with E-state index in [0.717, 1.165) is 5.56 Å². The molecule has 1 aromatic heterocycles. The van der Waals surface area contributed by atoms with Crippen molar-refractivity contribution in [1.82, 2.24) is 0 Å². The molecule has 2 aromatic carbocycles. The topological polar surface area (TPSA) is 69.6 Å². The second kappa shape index (κ2) is 6.77. The molecule has 4 rings (SSSR count). The van der Waals surface area contributed by atoms with Crippen molar-refractivity contribution in [2.45, 2.75) is 6.92 Å². The largest absolute Gasteiger partial charge is 0.457 e. The van der Waals surface area contributed by atoms with E-state index in [9.17, 15) is 10.1 Å². The fourth-order valence-corrected chi connectivity index (χ4v) is 2.94. The van der Waals surface area contributed by atoms with Crippen LogP contribution in [0.25, 0.3) is 17.4 Å². The van der Waals surface area contributed by atoms with E-state index in [2.05, 4.69) is 11.2 Å². The van der Waals surface area contributed by atoms with Gasteiger partial charge in [0.15, 0.2) is 0 Å². The summed E-state index contributed by atoms with van der Waals surface area (Å²) >= 11 is 0. The Balaban J connectivity index is 1.66. The van der Waals surface area contributed by atoms with E-state index in [1.807, 2.05) is 48.5 Å². The maximum absolute atomic E-state index is 12.8. The van der Waals surface area contributed by atoms with E-state index in [1.54, 1.807) is 31.2 Å². The molecule has 2 heterocycles. The van der Waals surface area contributed by atoms with Crippen LogP contribution < -0.4 is 5.01 Å². The molecule has 0 radical (unpaired) electrons. The van der Waals surface area contributed by atoms with Crippen molar-refractivity contribution in [1.29, 1.82) is 5.26 Å². The monoisotopic (exact) mass is 353 g/mol. The summed E-state index contributed by atoms with van der Waals surface area (Å²) in [7, 11) is 0. The Hall–Kier alpha value is -3.91. The third-order valence-electron chi connectivity index (χ3n) is 4.29. The predicted octanol–water partition coefficient (Wildman–Crippen LogP) is 4.62. The average molecular weight is 353 g/mol. The molecule has 0 aliphatic carbocycles. The Labute approximate surface area is 156 Å². The Kier molecular flexibility index (Phi) is 4.15. The number of carbonyl (C=O) groups excluding carboxylic acids is 1. The number of nitrogens with zero attached hydrogens (tertiary/aromatic N) is 3. The summed E-state index contributed by atoms with van der Waals surface area (Å²) in [6, 6.07) is 22.3. The lowest BCUT2D eigenvalue weighted by Gasteiger charge is -2.10. The van der Waals surface area contributed by atoms with Crippen molar-refractivity contribution >= 4 is 23.4 Å². The van der Waals surface area contributed by atoms with Gasteiger partial charge in [-0.15, -0.1) is 0 Å². The summed E-state index contributed by atoms with van der Waals surface area (Å²) in [5, 5.41) is 15.0. The smallest absolute Gasteiger partial charge is 0.280 e. The molecule has 3 aromatic rings. The van der Waals surface area contributed by atoms with Gasteiger partial charge in [-0.05, 0) is 49.4 Å². The number of nitriles is 1. The molecule has 5 nitrogen and oxygen atoms in total. The van der Waals surface area contributed by atoms with Crippen molar-refractivity contribution < 1.29 is 9.21 Å². The van der Waals surface area contributed by atoms with Crippen molar-refractivity contribution in [2.75, 3.05) is 5.01 Å². The lowest BCUT2D eigenvalue weighted by atomic mass is 10.1. The van der Waals surface area contributed by atoms with Gasteiger partial charge in [0.25, 0.3) is 5.91 Å². The lowest BCUT2D eigenvalue weighted by molar-refractivity contribution is -0.114. The first kappa shape index (κ1) is 16.6. The predicted molar refractivity (Wildman–Crippen MR) is 104 cm³/mol. The maximum Gasteiger partial charge on any atom is 0.280 e. The standard InChI is InChI=1S/C22H15N3O2/c1-15-20(22(26)25(24-15)17-8-3-2-4-9-17)13-18-11-12-21(27-18)19-10-6-5-7-16(19)14-23/h2-13H,1H3/b20-13+. The number of furan rings is 1. The molecule has 27 heavy (non-hydrogen) atoms. The minimum Gasteiger partial charge on any atom is -0.457 e. The highest BCUT2D eigenvalue weighted by Crippen LogP contribution is 2.28. The first-order chi connectivity index (χ1) is 13.2. The van der Waals surface area contributed by atoms with E-state index in [-0.39, 0.29) is 5.91 Å². The number of anilines is 1. The van der Waals surface area contributed by atoms with E-state index in [4.69, 9.17) is 4.42 Å². The minimum atomic E-state index is -0.200. The maximum atomic E-state index is 12.8. The van der Waals surface area contributed by atoms with Crippen LogP contribution in [0.3, 0.4) is 0 Å². The van der Waals surface area contributed by atoms with E-state index < -0.39 is 0 Å². The fourth-order valence-electron chi connectivity index (χ4n) is 2.94. The molecule has 5 heteroatoms. The van der Waals surface area contributed by atoms with Crippen molar-refractivity contribution in [3.63, 3.8) is 0 Å². The van der Waals surface area contributed by atoms with Crippen molar-refractivity contribution in [2.24, 2.45) is 5.10 Å². The van der Waals surface area contributed by atoms with Gasteiger partial charge in [-0.3, -0.25) is 4.79 Å². The highest BCUT2D eigenvalue weighted by Gasteiger charge is 2.28. The number of hydrazone groups is 1. The molecular formula is C22H15N3O2. The highest BCUT2D eigenvalue weighted by molar-refractivity contribution is 6.32. The zero-order valence-corrected chi connectivity index (χ0v) is 14.6. The van der Waals surface area contributed by atoms with E-state index in [1.165, 1.54) is 5.01 Å². The van der Waals surface area contributed by atoms with Gasteiger partial charge in [-0.2, -0.15) is 15.4 Å². The molecule has 0 N–H and O–H groups in total. The third kappa shape index (κ3) is 3.05. The second-order valence-corrected chi connectivity index (χ2v) is 6.06. The van der Waals surface area contributed by atoms with Crippen LogP contribution in [0, 0.1) is 11.3 Å². The molecule has 1 aliphatic heterocycles. The fraction of sp³-hybridized carbons (Fsp3) is 0.0455. The van der Waals surface area contributed by atoms with Crippen LogP contribution in [-0.2, 0) is 4.79 Å². The molecule has 0 saturated carbocycles.